The van der Waals surface area contributed by atoms with Crippen molar-refractivity contribution in [2.75, 3.05) is 0 Å². The Hall–Kier alpha value is -4.96. The predicted octanol–water partition coefficient (Wildman–Crippen LogP) is 18.8. The topological polar surface area (TPSA) is 52.1 Å². The molecule has 4 heteroatoms. The van der Waals surface area contributed by atoms with E-state index in [1.807, 2.05) is 0 Å². The van der Waals surface area contributed by atoms with Gasteiger partial charge in [0.1, 0.15) is 11.0 Å². The molecule has 0 radical (unpaired) electrons. The van der Waals surface area contributed by atoms with E-state index >= 15 is 0 Å². The van der Waals surface area contributed by atoms with Crippen LogP contribution in [0.4, 0.5) is 0 Å². The molecule has 4 nitrogen and oxygen atoms in total. The van der Waals surface area contributed by atoms with Crippen molar-refractivity contribution in [3.05, 3.63) is 119 Å². The maximum Gasteiger partial charge on any atom is 0.195 e. The van der Waals surface area contributed by atoms with Crippen LogP contribution in [-0.2, 0) is 23.7 Å². The highest BCUT2D eigenvalue weighted by Crippen LogP contribution is 2.58. The lowest BCUT2D eigenvalue weighted by atomic mass is 9.70. The van der Waals surface area contributed by atoms with E-state index in [1.54, 1.807) is 0 Å². The average molecular weight is 881 g/mol. The Morgan fingerprint density at radius 1 is 0.379 bits per heavy atom. The van der Waals surface area contributed by atoms with E-state index in [2.05, 4.69) is 126 Å². The summed E-state index contributed by atoms with van der Waals surface area (Å²) in [7, 11) is 0. The lowest BCUT2D eigenvalue weighted by Crippen LogP contribution is -2.25. The molecule has 0 fully saturated rings. The minimum Gasteiger partial charge on any atom is -0.440 e. The zero-order valence-electron chi connectivity index (χ0n) is 41.4. The van der Waals surface area contributed by atoms with Crippen LogP contribution in [0.5, 0.6) is 0 Å². The Balaban J connectivity index is 1.24. The summed E-state index contributed by atoms with van der Waals surface area (Å²) in [5.41, 5.74) is 19.2. The van der Waals surface area contributed by atoms with E-state index in [1.165, 1.54) is 173 Å². The van der Waals surface area contributed by atoms with Gasteiger partial charge in [0.05, 0.1) is 11.1 Å². The Bertz CT molecular complexity index is 2500. The zero-order chi connectivity index (χ0) is 45.7. The number of nitrogens with zero attached hydrogens (tertiary/aromatic N) is 2. The summed E-state index contributed by atoms with van der Waals surface area (Å²) in [5.74, 6) is 1.50. The third kappa shape index (κ3) is 8.27. The van der Waals surface area contributed by atoms with E-state index in [-0.39, 0.29) is 10.8 Å². The molecule has 7 aromatic rings. The fourth-order valence-corrected chi connectivity index (χ4v) is 12.4. The third-order valence-corrected chi connectivity index (χ3v) is 15.8. The molecule has 2 aliphatic rings. The lowest BCUT2D eigenvalue weighted by Gasteiger charge is -2.33. The van der Waals surface area contributed by atoms with Gasteiger partial charge in [-0.15, -0.1) is 0 Å². The van der Waals surface area contributed by atoms with Crippen molar-refractivity contribution in [3.63, 3.8) is 0 Å². The van der Waals surface area contributed by atoms with Crippen LogP contribution in [0.3, 0.4) is 0 Å². The molecule has 0 unspecified atom stereocenters. The van der Waals surface area contributed by atoms with Gasteiger partial charge < -0.3 is 8.83 Å². The highest BCUT2D eigenvalue weighted by molar-refractivity contribution is 6.16. The zero-order valence-corrected chi connectivity index (χ0v) is 41.4. The summed E-state index contributed by atoms with van der Waals surface area (Å²) < 4.78 is 14.0. The van der Waals surface area contributed by atoms with Crippen LogP contribution in [0.15, 0.2) is 93.8 Å². The first-order chi connectivity index (χ1) is 32.5. The Morgan fingerprint density at radius 2 is 0.727 bits per heavy atom. The molecule has 0 saturated heterocycles. The van der Waals surface area contributed by atoms with Crippen LogP contribution in [-0.4, -0.2) is 9.97 Å². The number of benzene rings is 5. The summed E-state index contributed by atoms with van der Waals surface area (Å²) in [6.45, 7) is 13.6. The van der Waals surface area contributed by atoms with E-state index in [9.17, 15) is 0 Å². The quantitative estimate of drug-likeness (QED) is 0.0568. The summed E-state index contributed by atoms with van der Waals surface area (Å²) in [5, 5.41) is 0. The average Bonchev–Trinajstić information content (AvgIpc) is 4.11. The monoisotopic (exact) mass is 881 g/mol. The van der Waals surface area contributed by atoms with Gasteiger partial charge in [0.15, 0.2) is 22.9 Å². The summed E-state index contributed by atoms with van der Waals surface area (Å²) in [4.78, 5) is 10.8. The number of hydrogen-bond acceptors (Lipinski definition) is 4. The van der Waals surface area contributed by atoms with Crippen molar-refractivity contribution in [1.82, 2.24) is 9.97 Å². The first kappa shape index (κ1) is 46.2. The maximum atomic E-state index is 6.98. The predicted molar refractivity (Wildman–Crippen MR) is 279 cm³/mol. The van der Waals surface area contributed by atoms with Crippen LogP contribution < -0.4 is 0 Å². The summed E-state index contributed by atoms with van der Waals surface area (Å²) in [6.07, 6.45) is 26.3. The molecule has 2 heterocycles. The summed E-state index contributed by atoms with van der Waals surface area (Å²) in [6, 6.07) is 33.2. The molecule has 346 valence electrons. The molecule has 0 amide bonds. The van der Waals surface area contributed by atoms with Gasteiger partial charge >= 0.3 is 0 Å². The number of oxazole rings is 2. The van der Waals surface area contributed by atoms with Gasteiger partial charge in [-0.3, -0.25) is 0 Å². The number of fused-ring (bicyclic) bond motifs is 8. The second kappa shape index (κ2) is 20.5. The lowest BCUT2D eigenvalue weighted by molar-refractivity contribution is 0.401. The minimum atomic E-state index is -0.0302. The SMILES string of the molecule is CCCCCCC1(CCCCCC)c2ccccc2-c2ccc(-c3c4nc(CC)oc4c(-c4ccc5c(c4)C(CCCCCC)(CCCCCC)c4ccccc4-5)c4nc(CC)oc34)cc21. The van der Waals surface area contributed by atoms with Crippen LogP contribution in [0.2, 0.25) is 0 Å². The van der Waals surface area contributed by atoms with Gasteiger partial charge in [-0.1, -0.05) is 217 Å². The van der Waals surface area contributed by atoms with Gasteiger partial charge in [-0.05, 0) is 93.5 Å². The highest BCUT2D eigenvalue weighted by atomic mass is 16.4. The minimum absolute atomic E-state index is 0.0302. The van der Waals surface area contributed by atoms with Crippen molar-refractivity contribution < 1.29 is 8.83 Å². The molecule has 0 bridgehead atoms. The second-order valence-electron chi connectivity index (χ2n) is 20.0. The molecule has 0 N–H and O–H groups in total. The molecule has 0 atom stereocenters. The van der Waals surface area contributed by atoms with E-state index in [4.69, 9.17) is 18.8 Å². The number of unbranched alkanes of at least 4 members (excludes halogenated alkanes) is 12. The van der Waals surface area contributed by atoms with Crippen molar-refractivity contribution in [3.8, 4) is 44.5 Å². The third-order valence-electron chi connectivity index (χ3n) is 15.8. The van der Waals surface area contributed by atoms with Crippen molar-refractivity contribution >= 4 is 22.2 Å². The van der Waals surface area contributed by atoms with Gasteiger partial charge in [0, 0.05) is 23.7 Å². The molecular weight excluding hydrogens is 805 g/mol. The largest absolute Gasteiger partial charge is 0.440 e. The number of hydrogen-bond donors (Lipinski definition) is 0. The summed E-state index contributed by atoms with van der Waals surface area (Å²) >= 11 is 0. The smallest absolute Gasteiger partial charge is 0.195 e. The standard InChI is InChI=1S/C62H76N2O2/c1-7-13-17-25-37-61(38-26-18-14-8-2)49-31-23-21-29-45(49)47-35-33-43(41-51(47)61)55-57-60(66-53(11-5)63-57)56(58-59(55)65-54(12-6)64-58)44-34-36-48-46-30-22-24-32-50(46)62(52(48)42-44,39-27-19-15-9-3)40-28-20-16-10-4/h21-24,29-36,41-42H,7-20,25-28,37-40H2,1-6H3. The van der Waals surface area contributed by atoms with Crippen LogP contribution in [0.25, 0.3) is 66.7 Å². The van der Waals surface area contributed by atoms with Crippen LogP contribution in [0, 0.1) is 0 Å². The first-order valence-corrected chi connectivity index (χ1v) is 26.7. The molecule has 0 saturated carbocycles. The van der Waals surface area contributed by atoms with Crippen molar-refractivity contribution in [2.24, 2.45) is 0 Å². The first-order valence-electron chi connectivity index (χ1n) is 26.7. The highest BCUT2D eigenvalue weighted by Gasteiger charge is 2.44. The number of aromatic nitrogens is 2. The molecule has 66 heavy (non-hydrogen) atoms. The molecule has 0 aliphatic heterocycles. The number of rotatable bonds is 24. The number of aryl methyl sites for hydroxylation is 2. The van der Waals surface area contributed by atoms with E-state index in [0.717, 1.165) is 56.2 Å². The molecule has 2 aromatic heterocycles. The molecule has 2 aliphatic carbocycles. The van der Waals surface area contributed by atoms with E-state index < -0.39 is 0 Å². The van der Waals surface area contributed by atoms with Gasteiger partial charge in [0.2, 0.25) is 0 Å². The van der Waals surface area contributed by atoms with E-state index in [0.29, 0.717) is 12.8 Å². The molecular formula is C62H76N2O2. The normalized spacial score (nSPS) is 14.3. The van der Waals surface area contributed by atoms with Gasteiger partial charge in [-0.2, -0.15) is 0 Å². The fraction of sp³-hybridized carbons (Fsp3) is 0.484. The molecule has 9 rings (SSSR count). The van der Waals surface area contributed by atoms with Crippen LogP contribution >= 0.6 is 0 Å². The van der Waals surface area contributed by atoms with Gasteiger partial charge in [0.25, 0.3) is 0 Å². The Kier molecular flexibility index (Phi) is 14.3. The molecule has 0 spiro atoms. The Morgan fingerprint density at radius 3 is 1.08 bits per heavy atom. The van der Waals surface area contributed by atoms with Crippen molar-refractivity contribution in [1.29, 1.82) is 0 Å². The Labute approximate surface area is 396 Å². The molecule has 5 aromatic carbocycles. The van der Waals surface area contributed by atoms with Crippen LogP contribution in [0.1, 0.15) is 204 Å². The van der Waals surface area contributed by atoms with Crippen molar-refractivity contribution in [2.45, 2.75) is 194 Å². The maximum absolute atomic E-state index is 6.98. The van der Waals surface area contributed by atoms with Gasteiger partial charge in [-0.25, -0.2) is 9.97 Å². The fourth-order valence-electron chi connectivity index (χ4n) is 12.4. The second-order valence-corrected chi connectivity index (χ2v) is 20.0.